The standard InChI is InChI=1S/C12H20N2O2/c1-9-8-13-11(15)12(16)14(9)7-6-10-4-2-3-5-10/h9-10H,2-8H2,1H3,(H,13,15)/t9-/m0/s1. The van der Waals surface area contributed by atoms with Gasteiger partial charge in [0.05, 0.1) is 0 Å². The average Bonchev–Trinajstić information content (AvgIpc) is 2.77. The zero-order chi connectivity index (χ0) is 11.5. The van der Waals surface area contributed by atoms with Gasteiger partial charge in [0.2, 0.25) is 0 Å². The summed E-state index contributed by atoms with van der Waals surface area (Å²) in [6.45, 7) is 3.33. The molecule has 0 spiro atoms. The third kappa shape index (κ3) is 2.36. The zero-order valence-electron chi connectivity index (χ0n) is 9.87. The predicted molar refractivity (Wildman–Crippen MR) is 60.8 cm³/mol. The second kappa shape index (κ2) is 4.85. The minimum Gasteiger partial charge on any atom is -0.346 e. The zero-order valence-corrected chi connectivity index (χ0v) is 9.87. The number of hydrogen-bond donors (Lipinski definition) is 1. The Bertz CT molecular complexity index is 285. The molecular formula is C12H20N2O2. The van der Waals surface area contributed by atoms with Crippen molar-refractivity contribution in [2.45, 2.75) is 45.1 Å². The van der Waals surface area contributed by atoms with E-state index in [0.717, 1.165) is 18.9 Å². The van der Waals surface area contributed by atoms with Crippen LogP contribution in [0.3, 0.4) is 0 Å². The molecule has 16 heavy (non-hydrogen) atoms. The number of rotatable bonds is 3. The van der Waals surface area contributed by atoms with E-state index in [-0.39, 0.29) is 11.9 Å². The van der Waals surface area contributed by atoms with Gasteiger partial charge in [-0.3, -0.25) is 9.59 Å². The molecule has 2 aliphatic rings. The number of carbonyl (C=O) groups is 2. The van der Waals surface area contributed by atoms with Gasteiger partial charge in [0.15, 0.2) is 0 Å². The van der Waals surface area contributed by atoms with Crippen LogP contribution in [0.15, 0.2) is 0 Å². The Labute approximate surface area is 96.4 Å². The first-order valence-corrected chi connectivity index (χ1v) is 6.27. The second-order valence-corrected chi connectivity index (χ2v) is 5.00. The molecule has 0 bridgehead atoms. The normalized spacial score (nSPS) is 27.3. The summed E-state index contributed by atoms with van der Waals surface area (Å²) in [5.41, 5.74) is 0. The Morgan fingerprint density at radius 3 is 2.69 bits per heavy atom. The summed E-state index contributed by atoms with van der Waals surface area (Å²) in [5.74, 6) is -0.0220. The Morgan fingerprint density at radius 1 is 1.31 bits per heavy atom. The summed E-state index contributed by atoms with van der Waals surface area (Å²) >= 11 is 0. The Hall–Kier alpha value is -1.06. The number of nitrogens with zero attached hydrogens (tertiary/aromatic N) is 1. The van der Waals surface area contributed by atoms with Crippen molar-refractivity contribution in [2.75, 3.05) is 13.1 Å². The molecule has 1 aliphatic heterocycles. The van der Waals surface area contributed by atoms with Crippen molar-refractivity contribution < 1.29 is 9.59 Å². The lowest BCUT2D eigenvalue weighted by molar-refractivity contribution is -0.150. The maximum Gasteiger partial charge on any atom is 0.312 e. The number of carbonyl (C=O) groups excluding carboxylic acids is 2. The first-order chi connectivity index (χ1) is 7.68. The van der Waals surface area contributed by atoms with Crippen LogP contribution in [0.1, 0.15) is 39.0 Å². The first-order valence-electron chi connectivity index (χ1n) is 6.27. The molecule has 1 saturated heterocycles. The molecule has 0 aromatic carbocycles. The van der Waals surface area contributed by atoms with Crippen molar-refractivity contribution >= 4 is 11.8 Å². The van der Waals surface area contributed by atoms with Crippen LogP contribution < -0.4 is 5.32 Å². The average molecular weight is 224 g/mol. The number of amides is 2. The van der Waals surface area contributed by atoms with E-state index in [1.807, 2.05) is 6.92 Å². The monoisotopic (exact) mass is 224 g/mol. The molecule has 1 atom stereocenters. The minimum atomic E-state index is -0.440. The molecule has 0 unspecified atom stereocenters. The third-order valence-electron chi connectivity index (χ3n) is 3.80. The fourth-order valence-corrected chi connectivity index (χ4v) is 2.70. The summed E-state index contributed by atoms with van der Waals surface area (Å²) in [6.07, 6.45) is 6.30. The topological polar surface area (TPSA) is 49.4 Å². The maximum absolute atomic E-state index is 11.7. The van der Waals surface area contributed by atoms with Crippen LogP contribution in [0.4, 0.5) is 0 Å². The number of hydrogen-bond acceptors (Lipinski definition) is 2. The van der Waals surface area contributed by atoms with Crippen LogP contribution in [-0.4, -0.2) is 35.8 Å². The molecule has 1 aliphatic carbocycles. The van der Waals surface area contributed by atoms with Gasteiger partial charge in [0.1, 0.15) is 0 Å². The molecule has 2 rings (SSSR count). The predicted octanol–water partition coefficient (Wildman–Crippen LogP) is 0.914. The van der Waals surface area contributed by atoms with E-state index in [9.17, 15) is 9.59 Å². The van der Waals surface area contributed by atoms with Crippen molar-refractivity contribution in [3.8, 4) is 0 Å². The van der Waals surface area contributed by atoms with Gasteiger partial charge in [-0.25, -0.2) is 0 Å². The van der Waals surface area contributed by atoms with Crippen molar-refractivity contribution in [1.82, 2.24) is 10.2 Å². The molecule has 4 heteroatoms. The SMILES string of the molecule is C[C@H]1CNC(=O)C(=O)N1CCC1CCCC1. The van der Waals surface area contributed by atoms with Gasteiger partial charge in [-0.15, -0.1) is 0 Å². The Balaban J connectivity index is 1.86. The van der Waals surface area contributed by atoms with Crippen molar-refractivity contribution in [3.05, 3.63) is 0 Å². The Kier molecular flexibility index (Phi) is 3.46. The van der Waals surface area contributed by atoms with Crippen LogP contribution in [-0.2, 0) is 9.59 Å². The molecule has 1 saturated carbocycles. The fourth-order valence-electron chi connectivity index (χ4n) is 2.70. The molecule has 0 aromatic heterocycles. The van der Waals surface area contributed by atoms with E-state index in [4.69, 9.17) is 0 Å². The van der Waals surface area contributed by atoms with Gasteiger partial charge in [-0.2, -0.15) is 0 Å². The van der Waals surface area contributed by atoms with Gasteiger partial charge in [0.25, 0.3) is 0 Å². The quantitative estimate of drug-likeness (QED) is 0.724. The lowest BCUT2D eigenvalue weighted by atomic mass is 10.0. The molecule has 2 fully saturated rings. The number of piperazine rings is 1. The molecule has 0 radical (unpaired) electrons. The summed E-state index contributed by atoms with van der Waals surface area (Å²) in [7, 11) is 0. The maximum atomic E-state index is 11.7. The van der Waals surface area contributed by atoms with Gasteiger partial charge >= 0.3 is 11.8 Å². The van der Waals surface area contributed by atoms with E-state index in [2.05, 4.69) is 5.32 Å². The van der Waals surface area contributed by atoms with E-state index in [1.54, 1.807) is 4.90 Å². The molecule has 1 N–H and O–H groups in total. The first kappa shape index (κ1) is 11.4. The summed E-state index contributed by atoms with van der Waals surface area (Å²) in [4.78, 5) is 24.6. The van der Waals surface area contributed by atoms with Crippen LogP contribution in [0.25, 0.3) is 0 Å². The number of nitrogens with one attached hydrogen (secondary N) is 1. The molecular weight excluding hydrogens is 204 g/mol. The summed E-state index contributed by atoms with van der Waals surface area (Å²) < 4.78 is 0. The molecule has 4 nitrogen and oxygen atoms in total. The molecule has 0 aromatic rings. The van der Waals surface area contributed by atoms with Crippen LogP contribution in [0, 0.1) is 5.92 Å². The van der Waals surface area contributed by atoms with E-state index in [1.165, 1.54) is 25.7 Å². The van der Waals surface area contributed by atoms with E-state index < -0.39 is 5.91 Å². The van der Waals surface area contributed by atoms with Crippen LogP contribution in [0.2, 0.25) is 0 Å². The van der Waals surface area contributed by atoms with Gasteiger partial charge in [-0.05, 0) is 19.3 Å². The largest absolute Gasteiger partial charge is 0.346 e. The van der Waals surface area contributed by atoms with Crippen LogP contribution in [0.5, 0.6) is 0 Å². The Morgan fingerprint density at radius 2 is 2.00 bits per heavy atom. The highest BCUT2D eigenvalue weighted by Gasteiger charge is 2.31. The van der Waals surface area contributed by atoms with E-state index >= 15 is 0 Å². The summed E-state index contributed by atoms with van der Waals surface area (Å²) in [5, 5.41) is 2.61. The fraction of sp³-hybridized carbons (Fsp3) is 0.833. The summed E-state index contributed by atoms with van der Waals surface area (Å²) in [6, 6.07) is 0.145. The van der Waals surface area contributed by atoms with Gasteiger partial charge in [0, 0.05) is 19.1 Å². The third-order valence-corrected chi connectivity index (χ3v) is 3.80. The highest BCUT2D eigenvalue weighted by Crippen LogP contribution is 2.27. The van der Waals surface area contributed by atoms with Crippen molar-refractivity contribution in [3.63, 3.8) is 0 Å². The smallest absolute Gasteiger partial charge is 0.312 e. The van der Waals surface area contributed by atoms with Crippen molar-refractivity contribution in [1.29, 1.82) is 0 Å². The lowest BCUT2D eigenvalue weighted by Gasteiger charge is -2.33. The van der Waals surface area contributed by atoms with E-state index in [0.29, 0.717) is 6.54 Å². The van der Waals surface area contributed by atoms with Crippen molar-refractivity contribution in [2.24, 2.45) is 5.92 Å². The molecule has 1 heterocycles. The highest BCUT2D eigenvalue weighted by molar-refractivity contribution is 6.35. The minimum absolute atomic E-state index is 0.145. The molecule has 2 amide bonds. The lowest BCUT2D eigenvalue weighted by Crippen LogP contribution is -2.57. The highest BCUT2D eigenvalue weighted by atomic mass is 16.2. The van der Waals surface area contributed by atoms with Crippen LogP contribution >= 0.6 is 0 Å². The van der Waals surface area contributed by atoms with Gasteiger partial charge in [-0.1, -0.05) is 25.7 Å². The second-order valence-electron chi connectivity index (χ2n) is 5.00. The molecule has 90 valence electrons. The van der Waals surface area contributed by atoms with Gasteiger partial charge < -0.3 is 10.2 Å².